The van der Waals surface area contributed by atoms with Crippen molar-refractivity contribution in [3.8, 4) is 0 Å². The van der Waals surface area contributed by atoms with Gasteiger partial charge in [-0.25, -0.2) is 4.39 Å². The summed E-state index contributed by atoms with van der Waals surface area (Å²) in [5, 5.41) is 0. The van der Waals surface area contributed by atoms with Crippen LogP contribution >= 0.6 is 0 Å². The number of hydrogen-bond acceptors (Lipinski definition) is 1. The van der Waals surface area contributed by atoms with Crippen LogP contribution in [0.5, 0.6) is 0 Å². The number of aryl methyl sites for hydroxylation is 1. The highest BCUT2D eigenvalue weighted by Crippen LogP contribution is 2.34. The van der Waals surface area contributed by atoms with Crippen LogP contribution in [-0.4, -0.2) is 0 Å². The van der Waals surface area contributed by atoms with E-state index in [0.717, 1.165) is 17.5 Å². The van der Waals surface area contributed by atoms with Crippen LogP contribution in [0.1, 0.15) is 44.4 Å². The van der Waals surface area contributed by atoms with E-state index >= 15 is 0 Å². The molecule has 1 aromatic rings. The van der Waals surface area contributed by atoms with Gasteiger partial charge in [0.25, 0.3) is 0 Å². The van der Waals surface area contributed by atoms with Crippen LogP contribution in [0.2, 0.25) is 0 Å². The maximum absolute atomic E-state index is 13.2. The highest BCUT2D eigenvalue weighted by Gasteiger charge is 2.26. The van der Waals surface area contributed by atoms with E-state index in [1.54, 1.807) is 0 Å². The van der Waals surface area contributed by atoms with Crippen LogP contribution in [0.3, 0.4) is 0 Å². The number of rotatable bonds is 3. The van der Waals surface area contributed by atoms with E-state index in [1.165, 1.54) is 12.1 Å². The van der Waals surface area contributed by atoms with E-state index in [4.69, 9.17) is 5.73 Å². The van der Waals surface area contributed by atoms with Gasteiger partial charge in [-0.2, -0.15) is 0 Å². The molecule has 0 amide bonds. The van der Waals surface area contributed by atoms with Gasteiger partial charge in [0.05, 0.1) is 0 Å². The molecule has 0 aliphatic heterocycles. The van der Waals surface area contributed by atoms with Crippen molar-refractivity contribution in [3.05, 3.63) is 35.1 Å². The molecular formula is C13H20FN. The maximum atomic E-state index is 13.2. The summed E-state index contributed by atoms with van der Waals surface area (Å²) in [6.45, 7) is 8.21. The lowest BCUT2D eigenvalue weighted by atomic mass is 9.79. The number of hydrogen-bond donors (Lipinski definition) is 1. The monoisotopic (exact) mass is 209 g/mol. The molecule has 15 heavy (non-hydrogen) atoms. The van der Waals surface area contributed by atoms with Gasteiger partial charge < -0.3 is 5.73 Å². The lowest BCUT2D eigenvalue weighted by molar-refractivity contribution is 0.278. The third-order valence-electron chi connectivity index (χ3n) is 3.18. The normalized spacial score (nSPS) is 14.0. The first-order valence-electron chi connectivity index (χ1n) is 5.39. The largest absolute Gasteiger partial charge is 0.324 e. The number of nitrogens with two attached hydrogens (primary N) is 1. The quantitative estimate of drug-likeness (QED) is 0.809. The molecule has 1 aromatic carbocycles. The van der Waals surface area contributed by atoms with Gasteiger partial charge in [-0.3, -0.25) is 0 Å². The molecule has 0 aliphatic carbocycles. The summed E-state index contributed by atoms with van der Waals surface area (Å²) in [6, 6.07) is 4.91. The summed E-state index contributed by atoms with van der Waals surface area (Å²) in [5.41, 5.74) is 7.97. The van der Waals surface area contributed by atoms with Gasteiger partial charge in [0, 0.05) is 6.04 Å². The Labute approximate surface area is 91.5 Å². The summed E-state index contributed by atoms with van der Waals surface area (Å²) >= 11 is 0. The minimum Gasteiger partial charge on any atom is -0.324 e. The van der Waals surface area contributed by atoms with Crippen LogP contribution in [0.15, 0.2) is 18.2 Å². The molecule has 0 saturated heterocycles. The molecule has 0 bridgehead atoms. The average Bonchev–Trinajstić information content (AvgIpc) is 2.15. The zero-order chi connectivity index (χ0) is 11.6. The Morgan fingerprint density at radius 2 is 1.93 bits per heavy atom. The van der Waals surface area contributed by atoms with Gasteiger partial charge in [0.15, 0.2) is 0 Å². The van der Waals surface area contributed by atoms with E-state index in [-0.39, 0.29) is 17.3 Å². The van der Waals surface area contributed by atoms with Crippen molar-refractivity contribution in [3.63, 3.8) is 0 Å². The van der Waals surface area contributed by atoms with Crippen LogP contribution in [-0.2, 0) is 0 Å². The zero-order valence-electron chi connectivity index (χ0n) is 9.97. The Morgan fingerprint density at radius 3 is 2.40 bits per heavy atom. The second kappa shape index (κ2) is 4.31. The molecule has 1 nitrogen and oxygen atoms in total. The second-order valence-electron chi connectivity index (χ2n) is 4.88. The Morgan fingerprint density at radius 1 is 1.33 bits per heavy atom. The van der Waals surface area contributed by atoms with Crippen molar-refractivity contribution in [2.45, 2.75) is 40.2 Å². The van der Waals surface area contributed by atoms with E-state index in [0.29, 0.717) is 0 Å². The van der Waals surface area contributed by atoms with E-state index in [2.05, 4.69) is 20.8 Å². The lowest BCUT2D eigenvalue weighted by Crippen LogP contribution is -2.28. The molecule has 0 heterocycles. The molecule has 1 rings (SSSR count). The van der Waals surface area contributed by atoms with Crippen molar-refractivity contribution < 1.29 is 4.39 Å². The molecule has 2 heteroatoms. The Hall–Kier alpha value is -0.890. The Balaban J connectivity index is 3.06. The molecule has 0 aromatic heterocycles. The predicted molar refractivity (Wildman–Crippen MR) is 62.1 cm³/mol. The molecule has 0 radical (unpaired) electrons. The fourth-order valence-corrected chi connectivity index (χ4v) is 1.62. The Bertz CT molecular complexity index is 324. The fourth-order valence-electron chi connectivity index (χ4n) is 1.62. The second-order valence-corrected chi connectivity index (χ2v) is 4.88. The van der Waals surface area contributed by atoms with Gasteiger partial charge in [-0.1, -0.05) is 26.8 Å². The summed E-state index contributed by atoms with van der Waals surface area (Å²) < 4.78 is 13.2. The van der Waals surface area contributed by atoms with Gasteiger partial charge in [-0.15, -0.1) is 0 Å². The van der Waals surface area contributed by atoms with Crippen molar-refractivity contribution in [1.82, 2.24) is 0 Å². The van der Waals surface area contributed by atoms with Gasteiger partial charge in [0.2, 0.25) is 0 Å². The van der Waals surface area contributed by atoms with Crippen molar-refractivity contribution in [2.75, 3.05) is 0 Å². The third-order valence-corrected chi connectivity index (χ3v) is 3.18. The minimum atomic E-state index is -0.202. The lowest BCUT2D eigenvalue weighted by Gasteiger charge is -2.31. The molecule has 0 saturated carbocycles. The van der Waals surface area contributed by atoms with Gasteiger partial charge >= 0.3 is 0 Å². The van der Waals surface area contributed by atoms with E-state index in [9.17, 15) is 4.39 Å². The van der Waals surface area contributed by atoms with Crippen LogP contribution in [0, 0.1) is 18.2 Å². The molecule has 0 fully saturated rings. The topological polar surface area (TPSA) is 26.0 Å². The van der Waals surface area contributed by atoms with Gasteiger partial charge in [-0.05, 0) is 42.0 Å². The van der Waals surface area contributed by atoms with E-state index < -0.39 is 0 Å². The highest BCUT2D eigenvalue weighted by atomic mass is 19.1. The maximum Gasteiger partial charge on any atom is 0.123 e. The SMILES string of the molecule is CCC(C)(C)C(N)c1cc(C)cc(F)c1. The van der Waals surface area contributed by atoms with Crippen LogP contribution in [0.4, 0.5) is 4.39 Å². The number of halogens is 1. The summed E-state index contributed by atoms with van der Waals surface area (Å²) in [6.07, 6.45) is 0.976. The number of benzene rings is 1. The molecule has 1 unspecified atom stereocenters. The standard InChI is InChI=1S/C13H20FN/c1-5-13(3,4)12(15)10-6-9(2)7-11(14)8-10/h6-8,12H,5,15H2,1-4H3. The minimum absolute atomic E-state index is 0.000231. The van der Waals surface area contributed by atoms with Gasteiger partial charge in [0.1, 0.15) is 5.82 Å². The van der Waals surface area contributed by atoms with E-state index in [1.807, 2.05) is 13.0 Å². The first-order valence-corrected chi connectivity index (χ1v) is 5.39. The molecule has 0 spiro atoms. The highest BCUT2D eigenvalue weighted by molar-refractivity contribution is 5.27. The van der Waals surface area contributed by atoms with Crippen molar-refractivity contribution >= 4 is 0 Å². The molecule has 2 N–H and O–H groups in total. The van der Waals surface area contributed by atoms with Crippen molar-refractivity contribution in [2.24, 2.45) is 11.1 Å². The summed E-state index contributed by atoms with van der Waals surface area (Å²) in [4.78, 5) is 0. The van der Waals surface area contributed by atoms with Crippen LogP contribution < -0.4 is 5.73 Å². The third kappa shape index (κ3) is 2.78. The zero-order valence-corrected chi connectivity index (χ0v) is 9.97. The summed E-state index contributed by atoms with van der Waals surface area (Å²) in [5.74, 6) is -0.202. The van der Waals surface area contributed by atoms with Crippen molar-refractivity contribution in [1.29, 1.82) is 0 Å². The molecule has 84 valence electrons. The average molecular weight is 209 g/mol. The predicted octanol–water partition coefficient (Wildman–Crippen LogP) is 3.57. The fraction of sp³-hybridized carbons (Fsp3) is 0.538. The van der Waals surface area contributed by atoms with Crippen LogP contribution in [0.25, 0.3) is 0 Å². The Kier molecular flexibility index (Phi) is 3.50. The molecule has 0 aliphatic rings. The first kappa shape index (κ1) is 12.2. The first-order chi connectivity index (χ1) is 6.86. The molecule has 1 atom stereocenters. The molecular weight excluding hydrogens is 189 g/mol. The smallest absolute Gasteiger partial charge is 0.123 e. The summed E-state index contributed by atoms with van der Waals surface area (Å²) in [7, 11) is 0.